The van der Waals surface area contributed by atoms with Crippen LogP contribution in [0.5, 0.6) is 0 Å². The van der Waals surface area contributed by atoms with Gasteiger partial charge >= 0.3 is 11.4 Å². The Labute approximate surface area is 548 Å². The normalized spacial score (nSPS) is 16.6. The number of aromatic nitrogens is 1. The van der Waals surface area contributed by atoms with Gasteiger partial charge in [-0.1, -0.05) is 81.1 Å². The number of hydrogen-bond donors (Lipinski definition) is 7. The quantitative estimate of drug-likeness (QED) is 0.00634. The summed E-state index contributed by atoms with van der Waals surface area (Å²) >= 11 is 0. The minimum atomic E-state index is -1.06. The molecule has 3 aliphatic carbocycles. The maximum atomic E-state index is 14.6. The molecule has 1 aliphatic heterocycles. The van der Waals surface area contributed by atoms with Crippen LogP contribution in [0.3, 0.4) is 0 Å². The summed E-state index contributed by atoms with van der Waals surface area (Å²) in [6, 6.07) is 20.5. The second-order valence-electron chi connectivity index (χ2n) is 24.6. The molecule has 0 saturated carbocycles. The molecule has 9 rings (SSSR count). The second kappa shape index (κ2) is 35.8. The molecule has 1 aromatic heterocycles. The third kappa shape index (κ3) is 18.8. The molecule has 6 amide bonds. The van der Waals surface area contributed by atoms with E-state index in [1.165, 1.54) is 30.1 Å². The monoisotopic (exact) mass is 1300 g/mol. The first-order valence-corrected chi connectivity index (χ1v) is 33.4. The van der Waals surface area contributed by atoms with Gasteiger partial charge in [0, 0.05) is 91.7 Å². The van der Waals surface area contributed by atoms with Crippen molar-refractivity contribution in [1.29, 1.82) is 0 Å². The molecule has 2 bridgehead atoms. The zero-order valence-electron chi connectivity index (χ0n) is 54.4. The average Bonchev–Trinajstić information content (AvgIpc) is 0.731. The van der Waals surface area contributed by atoms with Crippen molar-refractivity contribution in [3.63, 3.8) is 0 Å². The number of amides is 6. The number of anilines is 3. The number of likely N-dealkylation sites (tertiary alicyclic amines) is 1. The minimum Gasteiger partial charge on any atom is -0.377 e. The molecule has 1 saturated heterocycles. The molecule has 5 aromatic rings. The van der Waals surface area contributed by atoms with Gasteiger partial charge in [-0.2, -0.15) is 0 Å². The second-order valence-corrected chi connectivity index (χ2v) is 24.6. The fourth-order valence-electron chi connectivity index (χ4n) is 13.1. The Morgan fingerprint density at radius 1 is 0.638 bits per heavy atom. The average molecular weight is 1300 g/mol. The van der Waals surface area contributed by atoms with Gasteiger partial charge in [0.1, 0.15) is 6.04 Å². The lowest BCUT2D eigenvalue weighted by atomic mass is 9.51. The highest BCUT2D eigenvalue weighted by atomic mass is 16.7. The molecule has 2 atom stereocenters. The largest absolute Gasteiger partial charge is 0.419 e. The van der Waals surface area contributed by atoms with Crippen LogP contribution in [0.1, 0.15) is 184 Å². The van der Waals surface area contributed by atoms with Crippen LogP contribution in [0, 0.1) is 0 Å². The molecule has 94 heavy (non-hydrogen) atoms. The van der Waals surface area contributed by atoms with Crippen molar-refractivity contribution < 1.29 is 47.5 Å². The molecule has 4 aromatic carbocycles. The fraction of sp³-hybridized carbons (Fsp3) is 0.536. The number of rotatable bonds is 40. The van der Waals surface area contributed by atoms with Crippen LogP contribution in [0.2, 0.25) is 0 Å². The number of hydrogen-bond acceptors (Lipinski definition) is 16. The number of aromatic amines is 1. The van der Waals surface area contributed by atoms with E-state index in [1.54, 1.807) is 11.9 Å². The van der Waals surface area contributed by atoms with Gasteiger partial charge in [-0.25, -0.2) is 14.7 Å². The Hall–Kier alpha value is -8.29. The lowest BCUT2D eigenvalue weighted by Gasteiger charge is -2.51. The molecule has 1 fully saturated rings. The number of azide groups is 1. The van der Waals surface area contributed by atoms with E-state index in [0.29, 0.717) is 62.4 Å². The lowest BCUT2D eigenvalue weighted by molar-refractivity contribution is -0.186. The van der Waals surface area contributed by atoms with E-state index in [4.69, 9.17) is 37.0 Å². The van der Waals surface area contributed by atoms with Crippen molar-refractivity contribution in [2.75, 3.05) is 95.8 Å². The van der Waals surface area contributed by atoms with Gasteiger partial charge in [-0.05, 0) is 165 Å². The topological polar surface area (TPSA) is 366 Å². The number of benzene rings is 4. The Balaban J connectivity index is 0.922. The first kappa shape index (κ1) is 71.6. The molecular formula is C69H93N13O12. The number of likely N-dealkylation sites (N-methyl/N-ethyl adjacent to an activating group) is 2. The maximum absolute atomic E-state index is 14.6. The molecule has 25 heteroatoms. The number of nitrogens with one attached hydrogen (secondary N) is 4. The van der Waals surface area contributed by atoms with Crippen LogP contribution in [0.15, 0.2) is 91.9 Å². The van der Waals surface area contributed by atoms with Crippen molar-refractivity contribution in [2.45, 2.75) is 158 Å². The Morgan fingerprint density at radius 3 is 1.62 bits per heavy atom. The molecular weight excluding hydrogens is 1200 g/mol. The van der Waals surface area contributed by atoms with Crippen LogP contribution in [-0.4, -0.2) is 147 Å². The molecule has 0 radical (unpaired) electrons. The van der Waals surface area contributed by atoms with Gasteiger partial charge in [0.05, 0.1) is 50.0 Å². The van der Waals surface area contributed by atoms with Crippen molar-refractivity contribution in [1.82, 2.24) is 19.8 Å². The summed E-state index contributed by atoms with van der Waals surface area (Å²) in [4.78, 5) is 121. The van der Waals surface area contributed by atoms with Gasteiger partial charge in [-0.3, -0.25) is 38.6 Å². The summed E-state index contributed by atoms with van der Waals surface area (Å²) < 4.78 is 16.3. The smallest absolute Gasteiger partial charge is 0.377 e. The van der Waals surface area contributed by atoms with Gasteiger partial charge < -0.3 is 56.8 Å². The summed E-state index contributed by atoms with van der Waals surface area (Å²) in [6.45, 7) is 2.75. The maximum Gasteiger partial charge on any atom is 0.419 e. The number of carbonyl (C=O) groups is 6. The van der Waals surface area contributed by atoms with E-state index in [9.17, 15) is 38.4 Å². The molecule has 2 heterocycles. The van der Waals surface area contributed by atoms with Gasteiger partial charge in [0.15, 0.2) is 0 Å². The predicted octanol–water partition coefficient (Wildman–Crippen LogP) is 8.59. The number of ether oxygens (including phenoxy) is 2. The van der Waals surface area contributed by atoms with Crippen LogP contribution in [0.4, 0.5) is 17.1 Å². The highest BCUT2D eigenvalue weighted by Crippen LogP contribution is 2.62. The zero-order chi connectivity index (χ0) is 67.0. The summed E-state index contributed by atoms with van der Waals surface area (Å²) in [5.74, 6) is -2.78. The number of nitrogens with zero attached hydrogens (tertiary/aromatic N) is 6. The Morgan fingerprint density at radius 2 is 1.12 bits per heavy atom. The molecule has 0 spiro atoms. The third-order valence-corrected chi connectivity index (χ3v) is 18.0. The van der Waals surface area contributed by atoms with E-state index in [-0.39, 0.29) is 105 Å². The number of nitrogens with two attached hydrogens (primary N) is 3. The van der Waals surface area contributed by atoms with E-state index >= 15 is 0 Å². The number of unbranched alkanes of at least 4 members (excludes halogenated alkanes) is 12. The van der Waals surface area contributed by atoms with E-state index in [1.807, 2.05) is 18.2 Å². The number of carbonyl (C=O) groups excluding carboxylic acids is 6. The van der Waals surface area contributed by atoms with Crippen LogP contribution >= 0.6 is 0 Å². The summed E-state index contributed by atoms with van der Waals surface area (Å²) in [5, 5.41) is 14.4. The summed E-state index contributed by atoms with van der Waals surface area (Å²) in [5.41, 5.74) is 32.5. The molecule has 2 unspecified atom stereocenters. The Bertz CT molecular complexity index is 3410. The number of fused-ring (bicyclic) bond motifs is 1. The van der Waals surface area contributed by atoms with Crippen LogP contribution in [0.25, 0.3) is 21.3 Å². The van der Waals surface area contributed by atoms with Gasteiger partial charge in [-0.15, -0.1) is 0 Å². The van der Waals surface area contributed by atoms with E-state index in [0.717, 1.165) is 135 Å². The number of hydroxylamine groups is 2. The minimum absolute atomic E-state index is 0.0318. The fourth-order valence-corrected chi connectivity index (χ4v) is 13.1. The molecule has 506 valence electrons. The van der Waals surface area contributed by atoms with Crippen LogP contribution < -0.4 is 44.5 Å². The lowest BCUT2D eigenvalue weighted by Crippen LogP contribution is -2.46. The van der Waals surface area contributed by atoms with Crippen molar-refractivity contribution in [3.05, 3.63) is 143 Å². The summed E-state index contributed by atoms with van der Waals surface area (Å²) in [6.07, 6.45) is 15.5. The van der Waals surface area contributed by atoms with E-state index < -0.39 is 40.7 Å². The Kier molecular flexibility index (Phi) is 27.3. The molecule has 10 N–H and O–H groups in total. The molecule has 4 aliphatic rings. The van der Waals surface area contributed by atoms with E-state index in [2.05, 4.69) is 71.8 Å². The SMILES string of the molecule is CN(CCOCCOCCON(C)C(=O)C1CC(N=[N+]=[N-])CN1C(=O)c1ccc2c(=O)oc(=O)[nH]c2c1)C(=O)CCC12c3cc(NC(=O)CCCCCCCN)ccc3C(c3ccc(NC(=O)CCCCCCCN)cc31)c1ccc(NC(=O)CCCCCCCN)cc12. The number of H-pyrrole nitrogens is 1. The van der Waals surface area contributed by atoms with Gasteiger partial charge in [0.2, 0.25) is 23.6 Å². The highest BCUT2D eigenvalue weighted by molar-refractivity contribution is 6.00. The predicted molar refractivity (Wildman–Crippen MR) is 359 cm³/mol. The van der Waals surface area contributed by atoms with Crippen LogP contribution in [-0.2, 0) is 43.7 Å². The van der Waals surface area contributed by atoms with Crippen molar-refractivity contribution in [3.8, 4) is 0 Å². The zero-order valence-corrected chi connectivity index (χ0v) is 54.4. The standard InChI is InChI=1S/C69H93N13O12/c1-80(34-35-91-36-37-92-38-39-93-81(2)66(88)59-44-50(78-79-73)45-82(59)65(87)46-21-25-54-58(40-46)77-68(90)94-67(54)89)63(86)29-30-69-55-41-47(74-60(83)18-12-6-3-9-15-31-70)22-26-51(55)64(52-27-23-48(42-56(52)69)75-61(84)19-13-7-4-10-16-32-71)53-28-24-49(43-57(53)69)76-62(85)20-14-8-5-11-17-33-72/h21-28,40-43,50,59,64H,3-20,29-39,44-45,70-72H2,1-2H3,(H,74,83)(H,75,84)(H,76,85)(H,77,90). The third-order valence-electron chi connectivity index (χ3n) is 18.0. The van der Waals surface area contributed by atoms with Crippen molar-refractivity contribution in [2.24, 2.45) is 22.3 Å². The van der Waals surface area contributed by atoms with Gasteiger partial charge in [0.25, 0.3) is 11.8 Å². The van der Waals surface area contributed by atoms with Crippen molar-refractivity contribution >= 4 is 63.4 Å². The highest BCUT2D eigenvalue weighted by Gasteiger charge is 2.52. The first-order valence-electron chi connectivity index (χ1n) is 33.4. The summed E-state index contributed by atoms with van der Waals surface area (Å²) in [7, 11) is 3.13. The first-order chi connectivity index (χ1) is 45.6. The molecule has 25 nitrogen and oxygen atoms in total.